The lowest BCUT2D eigenvalue weighted by Gasteiger charge is -2.25. The molecule has 0 fully saturated rings. The SMILES string of the molecule is COc1c(Cn2cccn2)cc(-c2ccc(NCc3cccc(OC(F)(F)F)c3)nc2)cc1C(C)(C)C(=O)O. The Morgan fingerprint density at radius 1 is 1.08 bits per heavy atom. The lowest BCUT2D eigenvalue weighted by atomic mass is 9.81. The van der Waals surface area contributed by atoms with Crippen molar-refractivity contribution >= 4 is 11.8 Å². The Bertz CT molecular complexity index is 1440. The molecule has 0 atom stereocenters. The van der Waals surface area contributed by atoms with Gasteiger partial charge in [-0.2, -0.15) is 5.10 Å². The summed E-state index contributed by atoms with van der Waals surface area (Å²) in [6.45, 7) is 3.84. The zero-order valence-corrected chi connectivity index (χ0v) is 21.5. The first-order valence-corrected chi connectivity index (χ1v) is 11.9. The van der Waals surface area contributed by atoms with Gasteiger partial charge in [-0.1, -0.05) is 12.1 Å². The van der Waals surface area contributed by atoms with E-state index in [4.69, 9.17) is 4.74 Å². The maximum absolute atomic E-state index is 12.5. The van der Waals surface area contributed by atoms with Gasteiger partial charge in [0.05, 0.1) is 19.1 Å². The third kappa shape index (κ3) is 6.67. The number of pyridine rings is 1. The molecule has 2 aromatic carbocycles. The van der Waals surface area contributed by atoms with Crippen LogP contribution in [0.4, 0.5) is 19.0 Å². The smallest absolute Gasteiger partial charge is 0.496 e. The summed E-state index contributed by atoms with van der Waals surface area (Å²) in [4.78, 5) is 16.6. The number of alkyl halides is 3. The summed E-state index contributed by atoms with van der Waals surface area (Å²) in [5.41, 5.74) is 2.11. The van der Waals surface area contributed by atoms with Crippen LogP contribution >= 0.6 is 0 Å². The molecule has 0 unspecified atom stereocenters. The third-order valence-corrected chi connectivity index (χ3v) is 6.17. The summed E-state index contributed by atoms with van der Waals surface area (Å²) in [7, 11) is 1.51. The van der Waals surface area contributed by atoms with Crippen molar-refractivity contribution < 1.29 is 32.5 Å². The molecule has 0 saturated carbocycles. The van der Waals surface area contributed by atoms with Gasteiger partial charge in [0.25, 0.3) is 0 Å². The molecule has 2 aromatic heterocycles. The van der Waals surface area contributed by atoms with Gasteiger partial charge in [0, 0.05) is 41.8 Å². The van der Waals surface area contributed by atoms with E-state index in [2.05, 4.69) is 20.1 Å². The minimum absolute atomic E-state index is 0.231. The van der Waals surface area contributed by atoms with Crippen molar-refractivity contribution in [3.8, 4) is 22.6 Å². The molecular weight excluding hydrogens is 513 g/mol. The van der Waals surface area contributed by atoms with Gasteiger partial charge in [0.1, 0.15) is 17.3 Å². The zero-order chi connectivity index (χ0) is 28.2. The standard InChI is InChI=1S/C28H27F3N4O4/c1-27(2,26(36)37)23-14-20(13-21(25(23)38-3)17-35-11-5-10-34-35)19-8-9-24(33-16-19)32-15-18-6-4-7-22(12-18)39-28(29,30)31/h4-14,16H,15,17H2,1-3H3,(H,32,33)(H,36,37). The fourth-order valence-electron chi connectivity index (χ4n) is 4.08. The minimum atomic E-state index is -4.76. The zero-order valence-electron chi connectivity index (χ0n) is 21.5. The van der Waals surface area contributed by atoms with Crippen molar-refractivity contribution in [1.29, 1.82) is 0 Å². The molecule has 0 amide bonds. The molecule has 0 aliphatic heterocycles. The third-order valence-electron chi connectivity index (χ3n) is 6.17. The van der Waals surface area contributed by atoms with E-state index in [1.54, 1.807) is 61.4 Å². The molecule has 39 heavy (non-hydrogen) atoms. The average molecular weight is 541 g/mol. The van der Waals surface area contributed by atoms with E-state index in [1.807, 2.05) is 12.1 Å². The predicted molar refractivity (Wildman–Crippen MR) is 139 cm³/mol. The van der Waals surface area contributed by atoms with Crippen LogP contribution in [0.2, 0.25) is 0 Å². The molecule has 4 rings (SSSR count). The predicted octanol–water partition coefficient (Wildman–Crippen LogP) is 5.87. The topological polar surface area (TPSA) is 98.5 Å². The fraction of sp³-hybridized carbons (Fsp3) is 0.250. The number of benzene rings is 2. The quantitative estimate of drug-likeness (QED) is 0.259. The van der Waals surface area contributed by atoms with Crippen LogP contribution in [0.25, 0.3) is 11.1 Å². The first kappa shape index (κ1) is 27.5. The molecule has 0 aliphatic rings. The Morgan fingerprint density at radius 2 is 1.87 bits per heavy atom. The fourth-order valence-corrected chi connectivity index (χ4v) is 4.08. The van der Waals surface area contributed by atoms with Crippen molar-refractivity contribution in [2.45, 2.75) is 38.7 Å². The number of ether oxygens (including phenoxy) is 2. The van der Waals surface area contributed by atoms with Crippen LogP contribution in [-0.2, 0) is 23.3 Å². The maximum Gasteiger partial charge on any atom is 0.573 e. The largest absolute Gasteiger partial charge is 0.573 e. The maximum atomic E-state index is 12.5. The van der Waals surface area contributed by atoms with Crippen LogP contribution < -0.4 is 14.8 Å². The van der Waals surface area contributed by atoms with Gasteiger partial charge in [0.2, 0.25) is 0 Å². The Labute approximate surface area is 223 Å². The molecule has 0 radical (unpaired) electrons. The van der Waals surface area contributed by atoms with E-state index in [0.717, 1.165) is 16.7 Å². The molecule has 8 nitrogen and oxygen atoms in total. The highest BCUT2D eigenvalue weighted by molar-refractivity contribution is 5.83. The van der Waals surface area contributed by atoms with Gasteiger partial charge in [-0.15, -0.1) is 13.2 Å². The summed E-state index contributed by atoms with van der Waals surface area (Å²) in [6, 6.07) is 14.8. The summed E-state index contributed by atoms with van der Waals surface area (Å²) in [5.74, 6) is -0.303. The molecule has 2 heterocycles. The number of methoxy groups -OCH3 is 1. The lowest BCUT2D eigenvalue weighted by Crippen LogP contribution is -2.29. The van der Waals surface area contributed by atoms with Gasteiger partial charge in [0.15, 0.2) is 0 Å². The van der Waals surface area contributed by atoms with Crippen LogP contribution in [0.15, 0.2) is 73.2 Å². The van der Waals surface area contributed by atoms with Gasteiger partial charge in [-0.25, -0.2) is 4.98 Å². The number of hydrogen-bond acceptors (Lipinski definition) is 6. The number of aliphatic carboxylic acids is 1. The van der Waals surface area contributed by atoms with Gasteiger partial charge >= 0.3 is 12.3 Å². The Kier molecular flexibility index (Phi) is 7.80. The van der Waals surface area contributed by atoms with Gasteiger partial charge < -0.3 is 19.9 Å². The van der Waals surface area contributed by atoms with Crippen LogP contribution in [0, 0.1) is 0 Å². The minimum Gasteiger partial charge on any atom is -0.496 e. The van der Waals surface area contributed by atoms with E-state index in [0.29, 0.717) is 29.2 Å². The number of carboxylic acids is 1. The van der Waals surface area contributed by atoms with Crippen LogP contribution in [0.3, 0.4) is 0 Å². The van der Waals surface area contributed by atoms with Gasteiger partial charge in [-0.3, -0.25) is 9.48 Å². The van der Waals surface area contributed by atoms with E-state index < -0.39 is 17.7 Å². The van der Waals surface area contributed by atoms with E-state index in [9.17, 15) is 23.1 Å². The van der Waals surface area contributed by atoms with Gasteiger partial charge in [-0.05, 0) is 67.4 Å². The van der Waals surface area contributed by atoms with Crippen molar-refractivity contribution in [2.24, 2.45) is 0 Å². The summed E-state index contributed by atoms with van der Waals surface area (Å²) in [5, 5.41) is 17.3. The lowest BCUT2D eigenvalue weighted by molar-refractivity contribution is -0.274. The second-order valence-electron chi connectivity index (χ2n) is 9.33. The van der Waals surface area contributed by atoms with E-state index in [1.165, 1.54) is 25.3 Å². The number of nitrogens with zero attached hydrogens (tertiary/aromatic N) is 3. The molecule has 11 heteroatoms. The molecule has 0 spiro atoms. The molecule has 2 N–H and O–H groups in total. The number of hydrogen-bond donors (Lipinski definition) is 2. The summed E-state index contributed by atoms with van der Waals surface area (Å²) < 4.78 is 48.9. The van der Waals surface area contributed by atoms with Crippen molar-refractivity contribution in [2.75, 3.05) is 12.4 Å². The number of carbonyl (C=O) groups is 1. The highest BCUT2D eigenvalue weighted by Crippen LogP contribution is 2.39. The van der Waals surface area contributed by atoms with Crippen LogP contribution in [0.5, 0.6) is 11.5 Å². The highest BCUT2D eigenvalue weighted by atomic mass is 19.4. The number of rotatable bonds is 10. The number of halogens is 3. The number of anilines is 1. The molecule has 0 saturated heterocycles. The number of nitrogens with one attached hydrogen (secondary N) is 1. The van der Waals surface area contributed by atoms with Crippen molar-refractivity contribution in [3.05, 3.63) is 89.9 Å². The molecule has 0 aliphatic carbocycles. The normalized spacial score (nSPS) is 11.7. The first-order valence-electron chi connectivity index (χ1n) is 11.9. The molecule has 4 aromatic rings. The number of aromatic nitrogens is 3. The summed E-state index contributed by atoms with van der Waals surface area (Å²) >= 11 is 0. The van der Waals surface area contributed by atoms with E-state index in [-0.39, 0.29) is 12.3 Å². The van der Waals surface area contributed by atoms with Crippen molar-refractivity contribution in [3.63, 3.8) is 0 Å². The van der Waals surface area contributed by atoms with E-state index >= 15 is 0 Å². The average Bonchev–Trinajstić information content (AvgIpc) is 3.39. The number of carboxylic acid groups (broad SMARTS) is 1. The van der Waals surface area contributed by atoms with Crippen LogP contribution in [0.1, 0.15) is 30.5 Å². The highest BCUT2D eigenvalue weighted by Gasteiger charge is 2.34. The van der Waals surface area contributed by atoms with Crippen LogP contribution in [-0.4, -0.2) is 39.3 Å². The molecule has 0 bridgehead atoms. The molecule has 204 valence electrons. The summed E-state index contributed by atoms with van der Waals surface area (Å²) in [6.07, 6.45) is 0.347. The Hall–Kier alpha value is -4.54. The monoisotopic (exact) mass is 540 g/mol. The van der Waals surface area contributed by atoms with Crippen molar-refractivity contribution in [1.82, 2.24) is 14.8 Å². The molecular formula is C28H27F3N4O4. The second kappa shape index (κ2) is 11.1. The second-order valence-corrected chi connectivity index (χ2v) is 9.33. The Balaban J connectivity index is 1.60. The first-order chi connectivity index (χ1) is 18.5. The Morgan fingerprint density at radius 3 is 2.49 bits per heavy atom.